The number of carbonyl (C=O) groups is 3. The van der Waals surface area contributed by atoms with E-state index in [1.165, 1.54) is 42.2 Å². The molecule has 1 rings (SSSR count). The molecule has 0 saturated carbocycles. The highest BCUT2D eigenvalue weighted by Gasteiger charge is 2.14. The molecule has 0 bridgehead atoms. The molecule has 1 aromatic rings. The molecule has 8 heteroatoms. The van der Waals surface area contributed by atoms with Crippen LogP contribution in [0.2, 0.25) is 0 Å². The number of amides is 1. The van der Waals surface area contributed by atoms with Crippen LogP contribution in [0.4, 0.5) is 0 Å². The molecule has 0 aromatic heterocycles. The standard InChI is InChI=1S/C13H18ClNO3S.C10H14.C9H14O2/c1-5-7-12(19-9(3)14)13(17)15-8-11(6-2)18-10(4)16;1-7-5-8(2)10(4)9(3)6-7;1-3-4-5-9(6-7-10)8(2)11/h5,7,11H,1,3,6,8H2,2,4H3,(H,15,17);5-6H,1-4H3;3-5,10H,6-7H2,1-2H3/b12-7-;;4-3-,9-5-. The Morgan fingerprint density at radius 1 is 1.12 bits per heavy atom. The van der Waals surface area contributed by atoms with E-state index in [0.717, 1.165) is 11.8 Å². The van der Waals surface area contributed by atoms with Gasteiger partial charge in [-0.25, -0.2) is 0 Å². The smallest absolute Gasteiger partial charge is 0.302 e. The van der Waals surface area contributed by atoms with Crippen LogP contribution in [0.15, 0.2) is 70.5 Å². The predicted molar refractivity (Wildman–Crippen MR) is 170 cm³/mol. The molecule has 1 aromatic carbocycles. The summed E-state index contributed by atoms with van der Waals surface area (Å²) in [6.45, 7) is 22.5. The highest BCUT2D eigenvalue weighted by molar-refractivity contribution is 8.08. The van der Waals surface area contributed by atoms with Crippen LogP contribution in [0.25, 0.3) is 0 Å². The van der Waals surface area contributed by atoms with E-state index in [0.29, 0.717) is 23.3 Å². The number of allylic oxidation sites excluding steroid dienone is 5. The summed E-state index contributed by atoms with van der Waals surface area (Å²) in [5.74, 6) is -0.652. The predicted octanol–water partition coefficient (Wildman–Crippen LogP) is 7.34. The van der Waals surface area contributed by atoms with Crippen molar-refractivity contribution in [1.82, 2.24) is 5.32 Å². The van der Waals surface area contributed by atoms with Crippen molar-refractivity contribution in [2.45, 2.75) is 74.3 Å². The summed E-state index contributed by atoms with van der Waals surface area (Å²) in [5, 5.41) is 11.2. The second-order valence-corrected chi connectivity index (χ2v) is 10.7. The summed E-state index contributed by atoms with van der Waals surface area (Å²) in [6, 6.07) is 4.45. The van der Waals surface area contributed by atoms with E-state index in [2.05, 4.69) is 58.3 Å². The fourth-order valence-corrected chi connectivity index (χ4v) is 3.96. The Kier molecular flexibility index (Phi) is 22.5. The lowest BCUT2D eigenvalue weighted by Gasteiger charge is -2.16. The number of ketones is 1. The van der Waals surface area contributed by atoms with Gasteiger partial charge in [0.05, 0.1) is 15.8 Å². The van der Waals surface area contributed by atoms with Gasteiger partial charge in [-0.05, 0) is 82.7 Å². The molecule has 0 fully saturated rings. The van der Waals surface area contributed by atoms with E-state index >= 15 is 0 Å². The maximum Gasteiger partial charge on any atom is 0.302 e. The number of benzene rings is 1. The number of halogens is 1. The number of aliphatic hydroxyl groups excluding tert-OH is 1. The van der Waals surface area contributed by atoms with Crippen molar-refractivity contribution in [3.63, 3.8) is 0 Å². The third kappa shape index (κ3) is 19.2. The van der Waals surface area contributed by atoms with Gasteiger partial charge in [-0.2, -0.15) is 0 Å². The minimum absolute atomic E-state index is 0.0251. The molecule has 1 amide bonds. The summed E-state index contributed by atoms with van der Waals surface area (Å²) in [4.78, 5) is 33.9. The van der Waals surface area contributed by atoms with Gasteiger partial charge >= 0.3 is 5.97 Å². The fourth-order valence-electron chi connectivity index (χ4n) is 3.14. The Hall–Kier alpha value is -2.87. The maximum atomic E-state index is 11.9. The van der Waals surface area contributed by atoms with Crippen molar-refractivity contribution in [2.75, 3.05) is 13.2 Å². The van der Waals surface area contributed by atoms with E-state index in [1.54, 1.807) is 18.2 Å². The summed E-state index contributed by atoms with van der Waals surface area (Å²) in [5.41, 5.74) is 6.26. The lowest BCUT2D eigenvalue weighted by molar-refractivity contribution is -0.146. The van der Waals surface area contributed by atoms with Gasteiger partial charge in [0.2, 0.25) is 0 Å². The minimum atomic E-state index is -0.369. The summed E-state index contributed by atoms with van der Waals surface area (Å²) in [6.07, 6.45) is 9.14. The summed E-state index contributed by atoms with van der Waals surface area (Å²) >= 11 is 6.70. The van der Waals surface area contributed by atoms with Crippen molar-refractivity contribution in [3.8, 4) is 0 Å². The van der Waals surface area contributed by atoms with Crippen LogP contribution in [-0.4, -0.2) is 42.0 Å². The van der Waals surface area contributed by atoms with E-state index < -0.39 is 0 Å². The summed E-state index contributed by atoms with van der Waals surface area (Å²) < 4.78 is 5.31. The highest BCUT2D eigenvalue weighted by atomic mass is 35.5. The Balaban J connectivity index is 0. The average molecular weight is 592 g/mol. The van der Waals surface area contributed by atoms with Gasteiger partial charge in [-0.15, -0.1) is 0 Å². The first kappa shape index (κ1) is 39.3. The molecule has 0 aliphatic rings. The number of carbonyl (C=O) groups excluding carboxylic acids is 3. The van der Waals surface area contributed by atoms with Gasteiger partial charge in [0.25, 0.3) is 5.91 Å². The third-order valence-electron chi connectivity index (χ3n) is 5.39. The Morgan fingerprint density at radius 2 is 1.70 bits per heavy atom. The van der Waals surface area contributed by atoms with E-state index in [4.69, 9.17) is 21.4 Å². The monoisotopic (exact) mass is 591 g/mol. The number of Topliss-reactive ketones (excluding diaryl/α,β-unsaturated/α-hetero) is 1. The second-order valence-electron chi connectivity index (χ2n) is 8.84. The topological polar surface area (TPSA) is 92.7 Å². The number of aliphatic hydroxyl groups is 1. The van der Waals surface area contributed by atoms with E-state index in [9.17, 15) is 14.4 Å². The Morgan fingerprint density at radius 3 is 2.10 bits per heavy atom. The molecular weight excluding hydrogens is 546 g/mol. The van der Waals surface area contributed by atoms with Crippen molar-refractivity contribution < 1.29 is 24.2 Å². The molecule has 6 nitrogen and oxygen atoms in total. The molecule has 0 radical (unpaired) electrons. The first-order valence-electron chi connectivity index (χ1n) is 13.0. The molecule has 222 valence electrons. The molecule has 2 N–H and O–H groups in total. The van der Waals surface area contributed by atoms with Crippen LogP contribution >= 0.6 is 23.4 Å². The molecular formula is C32H46ClNO5S. The Labute approximate surface area is 250 Å². The fraction of sp³-hybridized carbons (Fsp3) is 0.406. The lowest BCUT2D eigenvalue weighted by atomic mass is 10.0. The largest absolute Gasteiger partial charge is 0.461 e. The molecule has 40 heavy (non-hydrogen) atoms. The SMILES string of the molecule is C/C=C\C=C(\CCO)C(C)=O.C=C/C=C(\SC(=C)Cl)C(=O)NCC(CC)OC(C)=O.Cc1cc(C)c(C)c(C)c1. The zero-order valence-corrected chi connectivity index (χ0v) is 26.8. The van der Waals surface area contributed by atoms with Gasteiger partial charge in [0.1, 0.15) is 6.10 Å². The number of rotatable bonds is 12. The first-order chi connectivity index (χ1) is 18.7. The number of ether oxygens (including phenoxy) is 1. The minimum Gasteiger partial charge on any atom is -0.461 e. The van der Waals surface area contributed by atoms with Crippen molar-refractivity contribution in [1.29, 1.82) is 0 Å². The van der Waals surface area contributed by atoms with Gasteiger partial charge < -0.3 is 15.2 Å². The van der Waals surface area contributed by atoms with Crippen LogP contribution in [-0.2, 0) is 19.1 Å². The molecule has 0 aliphatic heterocycles. The van der Waals surface area contributed by atoms with E-state index in [-0.39, 0.29) is 41.3 Å². The zero-order valence-electron chi connectivity index (χ0n) is 25.2. The van der Waals surface area contributed by atoms with Gasteiger partial charge in [0.15, 0.2) is 5.78 Å². The lowest BCUT2D eigenvalue weighted by Crippen LogP contribution is -2.34. The van der Waals surface area contributed by atoms with Crippen LogP contribution in [0.1, 0.15) is 62.8 Å². The van der Waals surface area contributed by atoms with Crippen LogP contribution in [0, 0.1) is 27.7 Å². The second kappa shape index (κ2) is 22.9. The molecule has 1 atom stereocenters. The van der Waals surface area contributed by atoms with E-state index in [1.807, 2.05) is 19.9 Å². The number of nitrogens with one attached hydrogen (secondary N) is 1. The maximum absolute atomic E-state index is 11.9. The average Bonchev–Trinajstić information content (AvgIpc) is 2.87. The van der Waals surface area contributed by atoms with Gasteiger partial charge in [-0.1, -0.05) is 85.4 Å². The molecule has 0 spiro atoms. The third-order valence-corrected chi connectivity index (χ3v) is 6.38. The quantitative estimate of drug-likeness (QED) is 0.150. The van der Waals surface area contributed by atoms with Gasteiger partial charge in [-0.3, -0.25) is 14.4 Å². The number of hydrogen-bond donors (Lipinski definition) is 2. The number of thioether (sulfide) groups is 1. The number of hydrogen-bond acceptors (Lipinski definition) is 6. The van der Waals surface area contributed by atoms with Crippen molar-refractivity contribution in [2.24, 2.45) is 0 Å². The van der Waals surface area contributed by atoms with Crippen LogP contribution in [0.3, 0.4) is 0 Å². The Bertz CT molecular complexity index is 1070. The number of esters is 1. The van der Waals surface area contributed by atoms with Crippen LogP contribution < -0.4 is 5.32 Å². The normalized spacial score (nSPS) is 11.8. The number of aryl methyl sites for hydroxylation is 3. The molecule has 0 heterocycles. The van der Waals surface area contributed by atoms with Crippen molar-refractivity contribution in [3.05, 3.63) is 92.8 Å². The van der Waals surface area contributed by atoms with Crippen molar-refractivity contribution >= 4 is 41.0 Å². The summed E-state index contributed by atoms with van der Waals surface area (Å²) in [7, 11) is 0. The highest BCUT2D eigenvalue weighted by Crippen LogP contribution is 2.26. The molecule has 1 unspecified atom stereocenters. The van der Waals surface area contributed by atoms with Gasteiger partial charge in [0, 0.05) is 13.5 Å². The molecule has 0 aliphatic carbocycles. The zero-order chi connectivity index (χ0) is 31.3. The van der Waals surface area contributed by atoms with Crippen LogP contribution in [0.5, 0.6) is 0 Å². The molecule has 0 saturated heterocycles. The first-order valence-corrected chi connectivity index (χ1v) is 14.2.